The van der Waals surface area contributed by atoms with Crippen molar-refractivity contribution in [1.82, 2.24) is 19.9 Å². The van der Waals surface area contributed by atoms with E-state index < -0.39 is 0 Å². The Kier molecular flexibility index (Phi) is 8.79. The summed E-state index contributed by atoms with van der Waals surface area (Å²) in [5, 5.41) is 11.4. The number of aromatic nitrogens is 4. The van der Waals surface area contributed by atoms with E-state index in [0.29, 0.717) is 39.1 Å². The third-order valence-electron chi connectivity index (χ3n) is 10.1. The van der Waals surface area contributed by atoms with E-state index in [1.165, 1.54) is 0 Å². The molecule has 268 valence electrons. The zero-order valence-corrected chi connectivity index (χ0v) is 30.9. The minimum absolute atomic E-state index is 0. The third-order valence-corrected chi connectivity index (χ3v) is 10.1. The van der Waals surface area contributed by atoms with Crippen LogP contribution in [0.4, 0.5) is 0 Å². The SMILES string of the molecule is [2H]C1=C(c2ccccc2O)c2nc1c(-c1ccccc1)c1ccc([n-]1)c(-c1ccccc1)c1nc(c(-c3ccccc3)c3ccc([n-]3)c2-c2ccccc2)C=C1.[Ni+2]. The Morgan fingerprint density at radius 3 is 1.23 bits per heavy atom. The van der Waals surface area contributed by atoms with Gasteiger partial charge in [0.05, 0.1) is 24.1 Å². The van der Waals surface area contributed by atoms with Gasteiger partial charge in [0.15, 0.2) is 0 Å². The van der Waals surface area contributed by atoms with Crippen LogP contribution in [0.1, 0.15) is 29.7 Å². The van der Waals surface area contributed by atoms with Crippen molar-refractivity contribution < 1.29 is 23.0 Å². The summed E-state index contributed by atoms with van der Waals surface area (Å²) in [6.07, 6.45) is 4.12. The summed E-state index contributed by atoms with van der Waals surface area (Å²) < 4.78 is 9.98. The molecule has 56 heavy (non-hydrogen) atoms. The maximum atomic E-state index is 11.4. The minimum atomic E-state index is 0. The molecule has 2 aliphatic rings. The average molecular weight is 765 g/mol. The summed E-state index contributed by atoms with van der Waals surface area (Å²) in [4.78, 5) is 21.5. The maximum Gasteiger partial charge on any atom is 2.00 e. The molecule has 0 radical (unpaired) electrons. The summed E-state index contributed by atoms with van der Waals surface area (Å²) in [6.45, 7) is 0. The molecular formula is C50H32N4NiO. The fourth-order valence-corrected chi connectivity index (χ4v) is 7.56. The first kappa shape index (κ1) is 33.6. The molecule has 5 aromatic carbocycles. The van der Waals surface area contributed by atoms with Gasteiger partial charge in [0.1, 0.15) is 5.75 Å². The minimum Gasteiger partial charge on any atom is -0.657 e. The van der Waals surface area contributed by atoms with Gasteiger partial charge in [-0.25, -0.2) is 9.97 Å². The van der Waals surface area contributed by atoms with Crippen LogP contribution in [0.15, 0.2) is 170 Å². The van der Waals surface area contributed by atoms with Crippen LogP contribution in [0.2, 0.25) is 0 Å². The standard InChI is InChI=1S/C50H32N4O.Ni/c55-45-24-14-13-23-36(45)37-31-44-48(34-19-9-3-10-20-34)42-28-27-40(52-42)46(32-15-5-1-6-16-32)38-25-26-39(51-38)47(33-17-7-2-8-18-33)41-29-30-43(53-41)49(50(37)54-44)35-21-11-4-12-22-35;/h1-31H,(H-2,51,52,53,54,55);/q-2;+2/i31D;. The molecular weight excluding hydrogens is 731 g/mol. The number of phenolic OH excluding ortho intramolecular Hbond substituents is 1. The van der Waals surface area contributed by atoms with Gasteiger partial charge in [0, 0.05) is 11.1 Å². The first-order valence-corrected chi connectivity index (χ1v) is 18.2. The zero-order valence-electron chi connectivity index (χ0n) is 30.9. The molecule has 0 spiro atoms. The Labute approximate surface area is 335 Å². The molecule has 0 atom stereocenters. The molecule has 0 fully saturated rings. The molecule has 8 aromatic rings. The molecule has 10 rings (SSSR count). The van der Waals surface area contributed by atoms with Crippen molar-refractivity contribution in [2.24, 2.45) is 0 Å². The molecule has 0 saturated carbocycles. The van der Waals surface area contributed by atoms with Crippen LogP contribution in [-0.4, -0.2) is 15.1 Å². The summed E-state index contributed by atoms with van der Waals surface area (Å²) in [5.41, 5.74) is 13.4. The molecule has 6 heteroatoms. The summed E-state index contributed by atoms with van der Waals surface area (Å²) >= 11 is 0. The summed E-state index contributed by atoms with van der Waals surface area (Å²) in [6, 6.07) is 55.9. The fourth-order valence-electron chi connectivity index (χ4n) is 7.56. The molecule has 0 unspecified atom stereocenters. The van der Waals surface area contributed by atoms with E-state index in [4.69, 9.17) is 19.9 Å². The van der Waals surface area contributed by atoms with Crippen LogP contribution in [0.25, 0.3) is 90.4 Å². The van der Waals surface area contributed by atoms with E-state index in [1.54, 1.807) is 12.1 Å². The number of hydrogen-bond donors (Lipinski definition) is 1. The Balaban J connectivity index is 0.00000422. The Bertz CT molecular complexity index is 3030. The molecule has 0 aliphatic carbocycles. The number of aromatic hydroxyl groups is 1. The van der Waals surface area contributed by atoms with Crippen LogP contribution in [0.3, 0.4) is 0 Å². The van der Waals surface area contributed by atoms with Gasteiger partial charge < -0.3 is 15.1 Å². The first-order valence-electron chi connectivity index (χ1n) is 18.7. The quantitative estimate of drug-likeness (QED) is 0.177. The van der Waals surface area contributed by atoms with E-state index in [0.717, 1.165) is 61.4 Å². The van der Waals surface area contributed by atoms with Gasteiger partial charge in [-0.15, -0.1) is 22.1 Å². The van der Waals surface area contributed by atoms with Crippen molar-refractivity contribution in [2.75, 3.05) is 0 Å². The van der Waals surface area contributed by atoms with Gasteiger partial charge in [0.25, 0.3) is 0 Å². The normalized spacial score (nSPS) is 12.3. The molecule has 1 N–H and O–H groups in total. The number of fused-ring (bicyclic) bond motifs is 8. The topological polar surface area (TPSA) is 74.2 Å². The zero-order chi connectivity index (χ0) is 37.6. The number of benzene rings is 5. The van der Waals surface area contributed by atoms with Crippen LogP contribution in [-0.2, 0) is 16.5 Å². The van der Waals surface area contributed by atoms with Gasteiger partial charge in [-0.2, -0.15) is 0 Å². The summed E-state index contributed by atoms with van der Waals surface area (Å²) in [7, 11) is 0. The van der Waals surface area contributed by atoms with E-state index in [2.05, 4.69) is 36.4 Å². The Hall–Kier alpha value is -7.01. The van der Waals surface area contributed by atoms with Gasteiger partial charge >= 0.3 is 16.5 Å². The smallest absolute Gasteiger partial charge is 0.657 e. The molecule has 5 nitrogen and oxygen atoms in total. The van der Waals surface area contributed by atoms with Crippen LogP contribution < -0.4 is 9.97 Å². The molecule has 0 amide bonds. The van der Waals surface area contributed by atoms with Gasteiger partial charge in [-0.3, -0.25) is 0 Å². The molecule has 8 bridgehead atoms. The van der Waals surface area contributed by atoms with Crippen LogP contribution >= 0.6 is 0 Å². The van der Waals surface area contributed by atoms with Crippen molar-refractivity contribution in [3.8, 4) is 50.3 Å². The average Bonchev–Trinajstić information content (AvgIpc) is 4.07. The van der Waals surface area contributed by atoms with E-state index in [1.807, 2.05) is 133 Å². The van der Waals surface area contributed by atoms with Crippen LogP contribution in [0, 0.1) is 0 Å². The number of para-hydroxylation sites is 1. The van der Waals surface area contributed by atoms with Crippen molar-refractivity contribution in [3.05, 3.63) is 198 Å². The fraction of sp³-hybridized carbons (Fsp3) is 0. The second-order valence-electron chi connectivity index (χ2n) is 13.4. The van der Waals surface area contributed by atoms with Crippen molar-refractivity contribution in [3.63, 3.8) is 0 Å². The Morgan fingerprint density at radius 2 is 0.786 bits per heavy atom. The van der Waals surface area contributed by atoms with E-state index in [-0.39, 0.29) is 28.3 Å². The second-order valence-corrected chi connectivity index (χ2v) is 13.4. The predicted molar refractivity (Wildman–Crippen MR) is 225 cm³/mol. The van der Waals surface area contributed by atoms with Crippen molar-refractivity contribution >= 4 is 45.8 Å². The Morgan fingerprint density at radius 1 is 0.411 bits per heavy atom. The van der Waals surface area contributed by atoms with Crippen LogP contribution in [0.5, 0.6) is 5.75 Å². The first-order chi connectivity index (χ1) is 27.6. The van der Waals surface area contributed by atoms with Crippen molar-refractivity contribution in [1.29, 1.82) is 0 Å². The number of rotatable bonds is 5. The van der Waals surface area contributed by atoms with E-state index >= 15 is 0 Å². The van der Waals surface area contributed by atoms with Gasteiger partial charge in [-0.05, 0) is 68.8 Å². The third kappa shape index (κ3) is 6.16. The van der Waals surface area contributed by atoms with Gasteiger partial charge in [-0.1, -0.05) is 164 Å². The van der Waals surface area contributed by atoms with Gasteiger partial charge in [0.2, 0.25) is 0 Å². The second kappa shape index (κ2) is 14.7. The molecule has 3 aromatic heterocycles. The largest absolute Gasteiger partial charge is 2.00 e. The maximum absolute atomic E-state index is 11.4. The number of nitrogens with zero attached hydrogens (tertiary/aromatic N) is 4. The summed E-state index contributed by atoms with van der Waals surface area (Å²) in [5.74, 6) is 0.0605. The number of phenols is 1. The molecule has 2 aliphatic heterocycles. The number of hydrogen-bond acceptors (Lipinski definition) is 3. The van der Waals surface area contributed by atoms with Crippen molar-refractivity contribution in [2.45, 2.75) is 0 Å². The monoisotopic (exact) mass is 763 g/mol. The molecule has 5 heterocycles. The predicted octanol–water partition coefficient (Wildman–Crippen LogP) is 11.7. The van der Waals surface area contributed by atoms with E-state index in [9.17, 15) is 6.48 Å². The molecule has 0 saturated heterocycles.